The Morgan fingerprint density at radius 3 is 2.15 bits per heavy atom. The number of carbonyl (C=O) groups is 2. The summed E-state index contributed by atoms with van der Waals surface area (Å²) >= 11 is 0. The summed E-state index contributed by atoms with van der Waals surface area (Å²) in [5.74, 6) is 0.268. The second-order valence-electron chi connectivity index (χ2n) is 8.50. The van der Waals surface area contributed by atoms with Crippen LogP contribution in [0.25, 0.3) is 11.6 Å². The van der Waals surface area contributed by atoms with Gasteiger partial charge in [0.1, 0.15) is 5.75 Å². The molecule has 3 heteroatoms. The molecule has 0 aliphatic carbocycles. The van der Waals surface area contributed by atoms with E-state index in [2.05, 4.69) is 30.8 Å². The van der Waals surface area contributed by atoms with Gasteiger partial charge in [0.05, 0.1) is 0 Å². The number of ketones is 1. The third-order valence-corrected chi connectivity index (χ3v) is 5.64. The molecule has 0 unspecified atom stereocenters. The zero-order chi connectivity index (χ0) is 24.2. The molecule has 0 amide bonds. The molecule has 0 fully saturated rings. The predicted molar refractivity (Wildman–Crippen MR) is 140 cm³/mol. The monoisotopic (exact) mass is 452 g/mol. The zero-order valence-electron chi connectivity index (χ0n) is 19.8. The molecule has 0 saturated carbocycles. The van der Waals surface area contributed by atoms with Gasteiger partial charge in [0.2, 0.25) is 0 Å². The van der Waals surface area contributed by atoms with E-state index in [1.807, 2.05) is 37.3 Å². The number of rotatable bonds is 12. The van der Waals surface area contributed by atoms with Crippen LogP contribution in [0.3, 0.4) is 0 Å². The highest BCUT2D eigenvalue weighted by Crippen LogP contribution is 2.17. The standard InChI is InChI=1S/C31H32O3/c1-24(2)27-19-14-25(15-20-27)10-6-3-4-9-13-31(33)34-29-21-16-26(17-22-29)18-23-30(32)28-11-7-5-8-12-28/h5,7-8,11-12,14-23H,1,3-4,6,9-10,13H2,2H3. The van der Waals surface area contributed by atoms with Crippen molar-refractivity contribution in [2.75, 3.05) is 0 Å². The van der Waals surface area contributed by atoms with Gasteiger partial charge in [-0.1, -0.05) is 97.8 Å². The summed E-state index contributed by atoms with van der Waals surface area (Å²) in [5, 5.41) is 0. The van der Waals surface area contributed by atoms with Gasteiger partial charge in [-0.05, 0) is 61.1 Å². The number of benzene rings is 3. The van der Waals surface area contributed by atoms with Crippen molar-refractivity contribution in [3.63, 3.8) is 0 Å². The van der Waals surface area contributed by atoms with E-state index in [9.17, 15) is 9.59 Å². The normalized spacial score (nSPS) is 10.9. The molecule has 0 radical (unpaired) electrons. The lowest BCUT2D eigenvalue weighted by Gasteiger charge is -2.06. The van der Waals surface area contributed by atoms with Crippen LogP contribution in [0.15, 0.2) is 91.5 Å². The average Bonchev–Trinajstić information content (AvgIpc) is 2.86. The molecule has 3 rings (SSSR count). The smallest absolute Gasteiger partial charge is 0.311 e. The average molecular weight is 453 g/mol. The number of allylic oxidation sites excluding steroid dienone is 2. The number of hydrogen-bond acceptors (Lipinski definition) is 3. The van der Waals surface area contributed by atoms with Crippen LogP contribution in [0.4, 0.5) is 0 Å². The Hall–Kier alpha value is -3.72. The summed E-state index contributed by atoms with van der Waals surface area (Å²) in [6.45, 7) is 5.98. The number of aryl methyl sites for hydroxylation is 1. The SMILES string of the molecule is C=C(C)c1ccc(CCCCCCC(=O)Oc2ccc(C=CC(=O)c3ccccc3)cc2)cc1. The van der Waals surface area contributed by atoms with Gasteiger partial charge >= 0.3 is 5.97 Å². The summed E-state index contributed by atoms with van der Waals surface area (Å²) in [5.41, 5.74) is 5.14. The topological polar surface area (TPSA) is 43.4 Å². The van der Waals surface area contributed by atoms with Crippen molar-refractivity contribution in [3.05, 3.63) is 114 Å². The molecule has 0 aliphatic rings. The minimum absolute atomic E-state index is 0.0446. The van der Waals surface area contributed by atoms with E-state index in [1.54, 1.807) is 36.4 Å². The number of unbranched alkanes of at least 4 members (excludes halogenated alkanes) is 3. The molecule has 3 aromatic carbocycles. The lowest BCUT2D eigenvalue weighted by molar-refractivity contribution is -0.134. The number of hydrogen-bond donors (Lipinski definition) is 0. The molecule has 0 bridgehead atoms. The van der Waals surface area contributed by atoms with Crippen LogP contribution >= 0.6 is 0 Å². The van der Waals surface area contributed by atoms with Crippen LogP contribution in [0.5, 0.6) is 5.75 Å². The van der Waals surface area contributed by atoms with Crippen molar-refractivity contribution in [2.45, 2.75) is 45.4 Å². The Labute approximate surface area is 202 Å². The van der Waals surface area contributed by atoms with E-state index in [-0.39, 0.29) is 11.8 Å². The maximum absolute atomic E-state index is 12.1. The molecule has 3 nitrogen and oxygen atoms in total. The van der Waals surface area contributed by atoms with Gasteiger partial charge in [-0.25, -0.2) is 0 Å². The van der Waals surface area contributed by atoms with E-state index in [4.69, 9.17) is 4.74 Å². The fourth-order valence-corrected chi connectivity index (χ4v) is 3.61. The molecule has 3 aromatic rings. The van der Waals surface area contributed by atoms with Gasteiger partial charge in [0.25, 0.3) is 0 Å². The van der Waals surface area contributed by atoms with Crippen molar-refractivity contribution in [3.8, 4) is 5.75 Å². The predicted octanol–water partition coefficient (Wildman–Crippen LogP) is 7.71. The largest absolute Gasteiger partial charge is 0.427 e. The van der Waals surface area contributed by atoms with E-state index in [0.29, 0.717) is 17.7 Å². The summed E-state index contributed by atoms with van der Waals surface area (Å²) in [6, 6.07) is 24.9. The van der Waals surface area contributed by atoms with Gasteiger partial charge in [0, 0.05) is 12.0 Å². The fraction of sp³-hybridized carbons (Fsp3) is 0.226. The Bertz CT molecular complexity index is 1110. The van der Waals surface area contributed by atoms with Crippen LogP contribution in [0.2, 0.25) is 0 Å². The molecule has 0 spiro atoms. The Kier molecular flexibility index (Phi) is 9.60. The van der Waals surface area contributed by atoms with Crippen LogP contribution in [-0.2, 0) is 11.2 Å². The van der Waals surface area contributed by atoms with Crippen LogP contribution in [0.1, 0.15) is 66.1 Å². The Morgan fingerprint density at radius 2 is 1.47 bits per heavy atom. The first-order valence-electron chi connectivity index (χ1n) is 11.8. The Balaban J connectivity index is 1.32. The molecule has 0 aromatic heterocycles. The molecule has 0 aliphatic heterocycles. The maximum Gasteiger partial charge on any atom is 0.311 e. The quantitative estimate of drug-likeness (QED) is 0.0929. The second kappa shape index (κ2) is 13.1. The third kappa shape index (κ3) is 8.32. The molecular formula is C31H32O3. The molecular weight excluding hydrogens is 420 g/mol. The molecule has 0 saturated heterocycles. The third-order valence-electron chi connectivity index (χ3n) is 5.64. The van der Waals surface area contributed by atoms with Crippen molar-refractivity contribution in [1.29, 1.82) is 0 Å². The molecule has 174 valence electrons. The molecule has 0 N–H and O–H groups in total. The number of ether oxygens (including phenoxy) is 1. The highest BCUT2D eigenvalue weighted by Gasteiger charge is 2.05. The summed E-state index contributed by atoms with van der Waals surface area (Å²) < 4.78 is 5.43. The van der Waals surface area contributed by atoms with E-state index in [0.717, 1.165) is 43.2 Å². The summed E-state index contributed by atoms with van der Waals surface area (Å²) in [6.07, 6.45) is 8.83. The van der Waals surface area contributed by atoms with Crippen molar-refractivity contribution >= 4 is 23.4 Å². The van der Waals surface area contributed by atoms with E-state index >= 15 is 0 Å². The van der Waals surface area contributed by atoms with E-state index in [1.165, 1.54) is 11.1 Å². The van der Waals surface area contributed by atoms with Crippen molar-refractivity contribution in [1.82, 2.24) is 0 Å². The highest BCUT2D eigenvalue weighted by molar-refractivity contribution is 6.06. The zero-order valence-corrected chi connectivity index (χ0v) is 19.8. The first-order chi connectivity index (χ1) is 16.5. The molecule has 0 heterocycles. The summed E-state index contributed by atoms with van der Waals surface area (Å²) in [7, 11) is 0. The van der Waals surface area contributed by atoms with Crippen molar-refractivity contribution in [2.24, 2.45) is 0 Å². The number of carbonyl (C=O) groups excluding carboxylic acids is 2. The van der Waals surface area contributed by atoms with Crippen LogP contribution in [0, 0.1) is 0 Å². The fourth-order valence-electron chi connectivity index (χ4n) is 3.61. The minimum Gasteiger partial charge on any atom is -0.427 e. The van der Waals surface area contributed by atoms with Crippen molar-refractivity contribution < 1.29 is 14.3 Å². The van der Waals surface area contributed by atoms with Gasteiger partial charge in [-0.3, -0.25) is 9.59 Å². The maximum atomic E-state index is 12.1. The van der Waals surface area contributed by atoms with Gasteiger partial charge in [0.15, 0.2) is 5.78 Å². The Morgan fingerprint density at radius 1 is 0.794 bits per heavy atom. The minimum atomic E-state index is -0.210. The van der Waals surface area contributed by atoms with Gasteiger partial charge in [-0.2, -0.15) is 0 Å². The first kappa shape index (κ1) is 24.9. The molecule has 34 heavy (non-hydrogen) atoms. The molecule has 0 atom stereocenters. The van der Waals surface area contributed by atoms with Gasteiger partial charge < -0.3 is 4.74 Å². The highest BCUT2D eigenvalue weighted by atomic mass is 16.5. The van der Waals surface area contributed by atoms with Gasteiger partial charge in [-0.15, -0.1) is 0 Å². The summed E-state index contributed by atoms with van der Waals surface area (Å²) in [4.78, 5) is 24.3. The van der Waals surface area contributed by atoms with Crippen LogP contribution in [-0.4, -0.2) is 11.8 Å². The number of esters is 1. The van der Waals surface area contributed by atoms with E-state index < -0.39 is 0 Å². The lowest BCUT2D eigenvalue weighted by atomic mass is 10.0. The second-order valence-corrected chi connectivity index (χ2v) is 8.50. The first-order valence-corrected chi connectivity index (χ1v) is 11.8. The lowest BCUT2D eigenvalue weighted by Crippen LogP contribution is -2.07. The van der Waals surface area contributed by atoms with Crippen LogP contribution < -0.4 is 4.74 Å².